The lowest BCUT2D eigenvalue weighted by molar-refractivity contribution is -0.136. The van der Waals surface area contributed by atoms with Crippen molar-refractivity contribution in [2.24, 2.45) is 0 Å². The first-order valence-electron chi connectivity index (χ1n) is 6.55. The molecule has 2 aromatic rings. The maximum Gasteiger partial charge on any atom is 0.311 e. The lowest BCUT2D eigenvalue weighted by Crippen LogP contribution is -2.16. The molecule has 0 heterocycles. The summed E-state index contributed by atoms with van der Waals surface area (Å²) in [7, 11) is 0. The van der Waals surface area contributed by atoms with Crippen LogP contribution in [0.15, 0.2) is 48.5 Å². The Kier molecular flexibility index (Phi) is 5.49. The van der Waals surface area contributed by atoms with Crippen molar-refractivity contribution < 1.29 is 18.7 Å². The van der Waals surface area contributed by atoms with Gasteiger partial charge in [0.15, 0.2) is 11.6 Å². The summed E-state index contributed by atoms with van der Waals surface area (Å²) in [6, 6.07) is 12.2. The molecule has 2 aromatic carbocycles. The third-order valence-electron chi connectivity index (χ3n) is 2.74. The van der Waals surface area contributed by atoms with Crippen LogP contribution in [-0.2, 0) is 9.59 Å². The second-order valence-electron chi connectivity index (χ2n) is 4.46. The fourth-order valence-corrected chi connectivity index (χ4v) is 1.80. The Morgan fingerprint density at radius 1 is 1.05 bits per heavy atom. The van der Waals surface area contributed by atoms with E-state index in [0.717, 1.165) is 0 Å². The number of benzene rings is 2. The monoisotopic (exact) mass is 321 g/mol. The highest BCUT2D eigenvalue weighted by atomic mass is 35.5. The molecule has 1 N–H and O–H groups in total. The quantitative estimate of drug-likeness (QED) is 0.673. The van der Waals surface area contributed by atoms with Crippen molar-refractivity contribution in [2.75, 3.05) is 5.32 Å². The van der Waals surface area contributed by atoms with Gasteiger partial charge in [-0.25, -0.2) is 4.39 Å². The van der Waals surface area contributed by atoms with E-state index in [1.165, 1.54) is 18.2 Å². The molecule has 0 aliphatic carbocycles. The van der Waals surface area contributed by atoms with Gasteiger partial charge in [0.1, 0.15) is 0 Å². The Morgan fingerprint density at radius 2 is 1.73 bits per heavy atom. The van der Waals surface area contributed by atoms with Crippen LogP contribution in [0.3, 0.4) is 0 Å². The van der Waals surface area contributed by atoms with Gasteiger partial charge in [-0.2, -0.15) is 0 Å². The van der Waals surface area contributed by atoms with Crippen LogP contribution in [0.1, 0.15) is 12.8 Å². The van der Waals surface area contributed by atoms with Gasteiger partial charge in [0.05, 0.1) is 6.42 Å². The number of halogens is 2. The second kappa shape index (κ2) is 7.56. The molecule has 0 radical (unpaired) electrons. The Labute approximate surface area is 131 Å². The Bertz CT molecular complexity index is 673. The van der Waals surface area contributed by atoms with Crippen molar-refractivity contribution in [1.29, 1.82) is 0 Å². The van der Waals surface area contributed by atoms with Gasteiger partial charge in [-0.3, -0.25) is 9.59 Å². The molecule has 0 saturated carbocycles. The van der Waals surface area contributed by atoms with Crippen molar-refractivity contribution in [3.8, 4) is 5.75 Å². The number of rotatable bonds is 5. The minimum Gasteiger partial charge on any atom is -0.423 e. The molecule has 6 heteroatoms. The number of ether oxygens (including phenoxy) is 1. The second-order valence-corrected chi connectivity index (χ2v) is 4.90. The number of nitrogens with one attached hydrogen (secondary N) is 1. The molecule has 0 spiro atoms. The Hall–Kier alpha value is -2.40. The summed E-state index contributed by atoms with van der Waals surface area (Å²) in [6.45, 7) is 0. The minimum atomic E-state index is -0.670. The summed E-state index contributed by atoms with van der Waals surface area (Å²) in [6.07, 6.45) is -0.205. The normalized spacial score (nSPS) is 10.1. The molecular weight excluding hydrogens is 309 g/mol. The summed E-state index contributed by atoms with van der Waals surface area (Å²) >= 11 is 5.74. The van der Waals surface area contributed by atoms with E-state index in [9.17, 15) is 14.0 Å². The standard InChI is InChI=1S/C16H13ClFNO3/c17-11-5-7-12(8-6-11)19-15(20)9-10-16(21)22-14-4-2-1-3-13(14)18/h1-8H,9-10H2,(H,19,20). The van der Waals surface area contributed by atoms with Crippen LogP contribution in [0.5, 0.6) is 5.75 Å². The number of esters is 1. The fraction of sp³-hybridized carbons (Fsp3) is 0.125. The lowest BCUT2D eigenvalue weighted by atomic mass is 10.2. The van der Waals surface area contributed by atoms with Crippen LogP contribution in [0, 0.1) is 5.82 Å². The zero-order chi connectivity index (χ0) is 15.9. The number of para-hydroxylation sites is 1. The first kappa shape index (κ1) is 16.0. The highest BCUT2D eigenvalue weighted by molar-refractivity contribution is 6.30. The third kappa shape index (κ3) is 4.86. The zero-order valence-electron chi connectivity index (χ0n) is 11.5. The first-order chi connectivity index (χ1) is 10.5. The predicted octanol–water partition coefficient (Wildman–Crippen LogP) is 3.80. The molecule has 114 valence electrons. The van der Waals surface area contributed by atoms with Crippen LogP contribution in [0.4, 0.5) is 10.1 Å². The van der Waals surface area contributed by atoms with E-state index in [-0.39, 0.29) is 24.5 Å². The van der Waals surface area contributed by atoms with E-state index < -0.39 is 11.8 Å². The summed E-state index contributed by atoms with van der Waals surface area (Å²) in [4.78, 5) is 23.3. The summed E-state index contributed by atoms with van der Waals surface area (Å²) < 4.78 is 18.2. The van der Waals surface area contributed by atoms with Gasteiger partial charge in [0.2, 0.25) is 5.91 Å². The van der Waals surface area contributed by atoms with Gasteiger partial charge in [-0.1, -0.05) is 23.7 Å². The van der Waals surface area contributed by atoms with Gasteiger partial charge < -0.3 is 10.1 Å². The van der Waals surface area contributed by atoms with Gasteiger partial charge in [0, 0.05) is 17.1 Å². The maximum atomic E-state index is 13.3. The van der Waals surface area contributed by atoms with Crippen molar-refractivity contribution in [3.05, 3.63) is 59.4 Å². The van der Waals surface area contributed by atoms with Gasteiger partial charge in [-0.15, -0.1) is 0 Å². The largest absolute Gasteiger partial charge is 0.423 e. The molecule has 2 rings (SSSR count). The number of hydrogen-bond acceptors (Lipinski definition) is 3. The Morgan fingerprint density at radius 3 is 2.41 bits per heavy atom. The van der Waals surface area contributed by atoms with Crippen LogP contribution < -0.4 is 10.1 Å². The fourth-order valence-electron chi connectivity index (χ4n) is 1.67. The summed E-state index contributed by atoms with van der Waals surface area (Å²) in [5, 5.41) is 3.18. The molecule has 0 aliphatic heterocycles. The predicted molar refractivity (Wildman–Crippen MR) is 81.4 cm³/mol. The highest BCUT2D eigenvalue weighted by Gasteiger charge is 2.11. The van der Waals surface area contributed by atoms with Crippen LogP contribution >= 0.6 is 11.6 Å². The highest BCUT2D eigenvalue weighted by Crippen LogP contribution is 2.17. The van der Waals surface area contributed by atoms with Crippen molar-refractivity contribution in [2.45, 2.75) is 12.8 Å². The lowest BCUT2D eigenvalue weighted by Gasteiger charge is -2.06. The van der Waals surface area contributed by atoms with E-state index >= 15 is 0 Å². The zero-order valence-corrected chi connectivity index (χ0v) is 12.3. The average Bonchev–Trinajstić information content (AvgIpc) is 2.50. The molecular formula is C16H13ClFNO3. The molecule has 0 aromatic heterocycles. The summed E-state index contributed by atoms with van der Waals surface area (Å²) in [5.41, 5.74) is 0.580. The van der Waals surface area contributed by atoms with Crippen molar-refractivity contribution in [1.82, 2.24) is 0 Å². The average molecular weight is 322 g/mol. The van der Waals surface area contributed by atoms with E-state index in [4.69, 9.17) is 16.3 Å². The molecule has 0 unspecified atom stereocenters. The van der Waals surface area contributed by atoms with E-state index in [0.29, 0.717) is 10.7 Å². The van der Waals surface area contributed by atoms with Crippen LogP contribution in [-0.4, -0.2) is 11.9 Å². The van der Waals surface area contributed by atoms with E-state index in [1.807, 2.05) is 0 Å². The molecule has 0 atom stereocenters. The molecule has 4 nitrogen and oxygen atoms in total. The van der Waals surface area contributed by atoms with Crippen molar-refractivity contribution in [3.63, 3.8) is 0 Å². The minimum absolute atomic E-state index is 0.0596. The topological polar surface area (TPSA) is 55.4 Å². The van der Waals surface area contributed by atoms with E-state index in [1.54, 1.807) is 30.3 Å². The molecule has 1 amide bonds. The van der Waals surface area contributed by atoms with Crippen LogP contribution in [0.25, 0.3) is 0 Å². The van der Waals surface area contributed by atoms with Gasteiger partial charge in [-0.05, 0) is 36.4 Å². The number of anilines is 1. The number of carbonyl (C=O) groups is 2. The molecule has 0 fully saturated rings. The number of amides is 1. The van der Waals surface area contributed by atoms with Gasteiger partial charge in [0.25, 0.3) is 0 Å². The van der Waals surface area contributed by atoms with E-state index in [2.05, 4.69) is 5.32 Å². The Balaban J connectivity index is 1.79. The van der Waals surface area contributed by atoms with Crippen molar-refractivity contribution >= 4 is 29.2 Å². The van der Waals surface area contributed by atoms with Gasteiger partial charge >= 0.3 is 5.97 Å². The molecule has 0 bridgehead atoms. The molecule has 0 saturated heterocycles. The maximum absolute atomic E-state index is 13.3. The molecule has 0 aliphatic rings. The smallest absolute Gasteiger partial charge is 0.311 e. The number of hydrogen-bond donors (Lipinski definition) is 1. The third-order valence-corrected chi connectivity index (χ3v) is 3.00. The SMILES string of the molecule is O=C(CCC(=O)Oc1ccccc1F)Nc1ccc(Cl)cc1. The first-order valence-corrected chi connectivity index (χ1v) is 6.93. The summed E-state index contributed by atoms with van der Waals surface area (Å²) in [5.74, 6) is -1.78. The van der Waals surface area contributed by atoms with Crippen LogP contribution in [0.2, 0.25) is 5.02 Å². The number of carbonyl (C=O) groups excluding carboxylic acids is 2. The molecule has 22 heavy (non-hydrogen) atoms.